The molecule has 0 aliphatic rings. The Labute approximate surface area is 132 Å². The van der Waals surface area contributed by atoms with Crippen LogP contribution in [0.1, 0.15) is 32.4 Å². The summed E-state index contributed by atoms with van der Waals surface area (Å²) in [6.45, 7) is 5.37. The summed E-state index contributed by atoms with van der Waals surface area (Å²) in [4.78, 5) is 13.9. The third-order valence-corrected chi connectivity index (χ3v) is 5.44. The maximum atomic E-state index is 12.4. The number of sulfone groups is 1. The van der Waals surface area contributed by atoms with E-state index in [-0.39, 0.29) is 12.0 Å². The van der Waals surface area contributed by atoms with E-state index < -0.39 is 21.0 Å². The summed E-state index contributed by atoms with van der Waals surface area (Å²) < 4.78 is 23.2. The van der Waals surface area contributed by atoms with E-state index >= 15 is 0 Å². The molecular formula is C15H22ClNO3S. The smallest absolute Gasteiger partial charge is 0.240 e. The van der Waals surface area contributed by atoms with Gasteiger partial charge in [-0.3, -0.25) is 4.79 Å². The van der Waals surface area contributed by atoms with Gasteiger partial charge in [0, 0.05) is 18.3 Å². The Balaban J connectivity index is 3.19. The summed E-state index contributed by atoms with van der Waals surface area (Å²) >= 11 is 6.23. The number of halogens is 1. The van der Waals surface area contributed by atoms with Gasteiger partial charge in [0.1, 0.15) is 5.25 Å². The first-order valence-corrected chi connectivity index (χ1v) is 9.10. The second kappa shape index (κ2) is 6.79. The van der Waals surface area contributed by atoms with E-state index in [9.17, 15) is 13.2 Å². The first-order chi connectivity index (χ1) is 9.57. The van der Waals surface area contributed by atoms with Gasteiger partial charge in [-0.1, -0.05) is 43.6 Å². The van der Waals surface area contributed by atoms with E-state index in [4.69, 9.17) is 11.6 Å². The molecule has 0 aliphatic heterocycles. The number of benzene rings is 1. The van der Waals surface area contributed by atoms with Crippen LogP contribution < -0.4 is 0 Å². The summed E-state index contributed by atoms with van der Waals surface area (Å²) in [5, 5.41) is -0.492. The minimum absolute atomic E-state index is 0.102. The zero-order chi connectivity index (χ0) is 16.4. The highest BCUT2D eigenvalue weighted by molar-refractivity contribution is 7.92. The third-order valence-electron chi connectivity index (χ3n) is 3.61. The second-order valence-electron chi connectivity index (χ2n) is 5.63. The van der Waals surface area contributed by atoms with Gasteiger partial charge in [0.2, 0.25) is 5.91 Å². The molecule has 0 heterocycles. The van der Waals surface area contributed by atoms with Crippen LogP contribution in [0.4, 0.5) is 0 Å². The van der Waals surface area contributed by atoms with Crippen molar-refractivity contribution in [2.75, 3.05) is 13.3 Å². The van der Waals surface area contributed by atoms with Crippen LogP contribution in [0, 0.1) is 5.92 Å². The highest BCUT2D eigenvalue weighted by Gasteiger charge is 2.32. The van der Waals surface area contributed by atoms with Crippen LogP contribution in [0.3, 0.4) is 0 Å². The number of rotatable bonds is 5. The lowest BCUT2D eigenvalue weighted by atomic mass is 9.94. The third kappa shape index (κ3) is 4.20. The number of hydrogen-bond donors (Lipinski definition) is 0. The molecule has 0 bridgehead atoms. The van der Waals surface area contributed by atoms with Gasteiger partial charge in [-0.15, -0.1) is 0 Å². The Bertz CT molecular complexity index is 613. The highest BCUT2D eigenvalue weighted by atomic mass is 35.5. The van der Waals surface area contributed by atoms with Crippen LogP contribution in [0.25, 0.3) is 0 Å². The molecule has 1 aromatic carbocycles. The zero-order valence-electron chi connectivity index (χ0n) is 13.0. The Kier molecular flexibility index (Phi) is 5.82. The number of amides is 1. The van der Waals surface area contributed by atoms with E-state index in [1.165, 1.54) is 11.8 Å². The molecule has 1 amide bonds. The molecule has 0 fully saturated rings. The largest absolute Gasteiger partial charge is 0.337 e. The van der Waals surface area contributed by atoms with Gasteiger partial charge in [0.05, 0.1) is 6.04 Å². The Morgan fingerprint density at radius 2 is 1.71 bits per heavy atom. The molecule has 1 rings (SSSR count). The maximum Gasteiger partial charge on any atom is 0.240 e. The van der Waals surface area contributed by atoms with Crippen molar-refractivity contribution in [3.8, 4) is 0 Å². The lowest BCUT2D eigenvalue weighted by Crippen LogP contribution is -2.42. The lowest BCUT2D eigenvalue weighted by molar-refractivity contribution is -0.132. The molecule has 0 N–H and O–H groups in total. The molecule has 0 saturated heterocycles. The average molecular weight is 332 g/mol. The van der Waals surface area contributed by atoms with Crippen molar-refractivity contribution in [3.05, 3.63) is 34.9 Å². The summed E-state index contributed by atoms with van der Waals surface area (Å²) in [7, 11) is -1.80. The van der Waals surface area contributed by atoms with Crippen LogP contribution in [-0.4, -0.2) is 37.8 Å². The number of carbonyl (C=O) groups excluding carboxylic acids is 1. The first kappa shape index (κ1) is 18.0. The zero-order valence-corrected chi connectivity index (χ0v) is 14.6. The molecule has 0 radical (unpaired) electrons. The van der Waals surface area contributed by atoms with E-state index in [2.05, 4.69) is 0 Å². The van der Waals surface area contributed by atoms with Gasteiger partial charge in [0.25, 0.3) is 0 Å². The molecule has 2 atom stereocenters. The van der Waals surface area contributed by atoms with Crippen molar-refractivity contribution in [2.45, 2.75) is 32.1 Å². The molecule has 118 valence electrons. The summed E-state index contributed by atoms with van der Waals surface area (Å²) in [6.07, 6.45) is 1.07. The second-order valence-corrected chi connectivity index (χ2v) is 8.40. The van der Waals surface area contributed by atoms with Gasteiger partial charge >= 0.3 is 0 Å². The number of hydrogen-bond acceptors (Lipinski definition) is 3. The maximum absolute atomic E-state index is 12.4. The van der Waals surface area contributed by atoms with Crippen LogP contribution in [0.2, 0.25) is 5.02 Å². The van der Waals surface area contributed by atoms with Crippen LogP contribution in [0.15, 0.2) is 24.3 Å². The van der Waals surface area contributed by atoms with Gasteiger partial charge < -0.3 is 4.90 Å². The summed E-state index contributed by atoms with van der Waals surface area (Å²) in [5.74, 6) is -0.318. The molecule has 21 heavy (non-hydrogen) atoms. The molecule has 1 aromatic rings. The fourth-order valence-electron chi connectivity index (χ4n) is 2.34. The SMILES string of the molecule is CC(C)C(c1ccccc1Cl)N(C)C(=O)C(C)S(C)(=O)=O. The van der Waals surface area contributed by atoms with Crippen molar-refractivity contribution in [3.63, 3.8) is 0 Å². The van der Waals surface area contributed by atoms with Crippen LogP contribution in [-0.2, 0) is 14.6 Å². The molecule has 4 nitrogen and oxygen atoms in total. The molecule has 0 aliphatic carbocycles. The predicted octanol–water partition coefficient (Wildman–Crippen LogP) is 2.93. The van der Waals surface area contributed by atoms with Gasteiger partial charge in [-0.2, -0.15) is 0 Å². The van der Waals surface area contributed by atoms with Crippen molar-refractivity contribution in [1.29, 1.82) is 0 Å². The molecule has 0 spiro atoms. The minimum atomic E-state index is -3.42. The lowest BCUT2D eigenvalue weighted by Gasteiger charge is -2.33. The van der Waals surface area contributed by atoms with Gasteiger partial charge in [-0.05, 0) is 24.5 Å². The van der Waals surface area contributed by atoms with Crippen molar-refractivity contribution >= 4 is 27.3 Å². The molecule has 6 heteroatoms. The Hall–Kier alpha value is -1.07. The van der Waals surface area contributed by atoms with Crippen LogP contribution >= 0.6 is 11.6 Å². The molecule has 0 saturated carbocycles. The summed E-state index contributed by atoms with van der Waals surface area (Å²) in [6, 6.07) is 7.04. The average Bonchev–Trinajstić information content (AvgIpc) is 2.38. The van der Waals surface area contributed by atoms with Gasteiger partial charge in [-0.25, -0.2) is 8.42 Å². The van der Waals surface area contributed by atoms with Crippen molar-refractivity contribution in [1.82, 2.24) is 4.90 Å². The van der Waals surface area contributed by atoms with Crippen LogP contribution in [0.5, 0.6) is 0 Å². The monoisotopic (exact) mass is 331 g/mol. The Morgan fingerprint density at radius 1 is 1.19 bits per heavy atom. The fourth-order valence-corrected chi connectivity index (χ4v) is 3.12. The van der Waals surface area contributed by atoms with Crippen molar-refractivity contribution in [2.24, 2.45) is 5.92 Å². The molecule has 2 unspecified atom stereocenters. The Morgan fingerprint density at radius 3 is 2.14 bits per heavy atom. The quantitative estimate of drug-likeness (QED) is 0.833. The molecule has 0 aromatic heterocycles. The number of nitrogens with zero attached hydrogens (tertiary/aromatic N) is 1. The fraction of sp³-hybridized carbons (Fsp3) is 0.533. The van der Waals surface area contributed by atoms with E-state index in [1.54, 1.807) is 13.1 Å². The highest BCUT2D eigenvalue weighted by Crippen LogP contribution is 2.33. The normalized spacial score (nSPS) is 14.8. The minimum Gasteiger partial charge on any atom is -0.337 e. The van der Waals surface area contributed by atoms with Gasteiger partial charge in [0.15, 0.2) is 9.84 Å². The van der Waals surface area contributed by atoms with E-state index in [1.807, 2.05) is 32.0 Å². The van der Waals surface area contributed by atoms with E-state index in [0.29, 0.717) is 5.02 Å². The predicted molar refractivity (Wildman–Crippen MR) is 86.1 cm³/mol. The molecular weight excluding hydrogens is 310 g/mol. The topological polar surface area (TPSA) is 54.5 Å². The van der Waals surface area contributed by atoms with Crippen molar-refractivity contribution < 1.29 is 13.2 Å². The van der Waals surface area contributed by atoms with E-state index in [0.717, 1.165) is 11.8 Å². The number of carbonyl (C=O) groups is 1. The standard InChI is InChI=1S/C15H22ClNO3S/c1-10(2)14(12-8-6-7-9-13(12)16)17(4)15(18)11(3)21(5,19)20/h6-11,14H,1-5H3. The summed E-state index contributed by atoms with van der Waals surface area (Å²) in [5.41, 5.74) is 0.825. The first-order valence-electron chi connectivity index (χ1n) is 6.77.